The third kappa shape index (κ3) is 7.97. The first kappa shape index (κ1) is 17.2. The SMILES string of the molecule is O=C(O)C[c-]1[c-][c-][c-][c-]1.O=C(O)C[c-]1[c-][c-][c-][c-]1.[Fe+2]. The minimum Gasteiger partial charge on any atom is -0.998 e. The average molecular weight is 294 g/mol. The van der Waals surface area contributed by atoms with Gasteiger partial charge >= 0.3 is 17.1 Å². The van der Waals surface area contributed by atoms with Crippen molar-refractivity contribution in [1.82, 2.24) is 0 Å². The quantitative estimate of drug-likeness (QED) is 0.635. The smallest absolute Gasteiger partial charge is 0.998 e. The van der Waals surface area contributed by atoms with Crippen molar-refractivity contribution in [1.29, 1.82) is 0 Å². The van der Waals surface area contributed by atoms with Crippen LogP contribution >= 0.6 is 0 Å². The standard InChI is InChI=1S/2C7H3O2.Fe/c2*8-7(9)5-6-3-1-2-4-6;/h2*5H2,(H,8,9);/q2*-5;+2. The van der Waals surface area contributed by atoms with Crippen molar-refractivity contribution in [3.8, 4) is 0 Å². The van der Waals surface area contributed by atoms with Crippen LogP contribution in [-0.2, 0) is 39.5 Å². The Hall–Kier alpha value is -1.84. The summed E-state index contributed by atoms with van der Waals surface area (Å²) in [7, 11) is 0. The van der Waals surface area contributed by atoms with E-state index < -0.39 is 11.9 Å². The molecule has 0 aliphatic heterocycles. The number of carboxylic acids is 2. The normalized spacial score (nSPS) is 8.84. The fourth-order valence-electron chi connectivity index (χ4n) is 0.969. The van der Waals surface area contributed by atoms with Gasteiger partial charge in [-0.1, -0.05) is 0 Å². The maximum absolute atomic E-state index is 10.00. The second-order valence-corrected chi connectivity index (χ2v) is 3.10. The summed E-state index contributed by atoms with van der Waals surface area (Å²) >= 11 is 0. The predicted octanol–water partition coefficient (Wildman–Crippen LogP) is 0.464. The first-order valence-electron chi connectivity index (χ1n) is 4.77. The Bertz CT molecular complexity index is 425. The van der Waals surface area contributed by atoms with Crippen molar-refractivity contribution in [2.24, 2.45) is 0 Å². The van der Waals surface area contributed by atoms with Crippen LogP contribution in [0.2, 0.25) is 0 Å². The second-order valence-electron chi connectivity index (χ2n) is 3.10. The summed E-state index contributed by atoms with van der Waals surface area (Å²) in [6, 6.07) is 20.1. The molecule has 0 heterocycles. The fourth-order valence-corrected chi connectivity index (χ4v) is 0.969. The molecule has 0 aliphatic rings. The first-order valence-corrected chi connectivity index (χ1v) is 4.77. The minimum atomic E-state index is -0.879. The third-order valence-corrected chi connectivity index (χ3v) is 1.63. The average Bonchev–Trinajstić information content (AvgIpc) is 2.90. The molecule has 2 aromatic rings. The molecule has 0 radical (unpaired) electrons. The molecule has 0 unspecified atom stereocenters. The molecular formula is C14H6FeO4-8. The van der Waals surface area contributed by atoms with Crippen LogP contribution in [0, 0.1) is 48.5 Å². The first-order chi connectivity index (χ1) is 8.58. The molecule has 2 aromatic carbocycles. The molecule has 5 heteroatoms. The van der Waals surface area contributed by atoms with Gasteiger partial charge in [0.05, 0.1) is 0 Å². The number of carbonyl (C=O) groups is 2. The van der Waals surface area contributed by atoms with E-state index in [0.29, 0.717) is 11.1 Å². The number of hydrogen-bond donors (Lipinski definition) is 2. The van der Waals surface area contributed by atoms with Crippen molar-refractivity contribution in [2.45, 2.75) is 12.8 Å². The summed E-state index contributed by atoms with van der Waals surface area (Å²) < 4.78 is 0. The van der Waals surface area contributed by atoms with Crippen LogP contribution in [0.25, 0.3) is 0 Å². The zero-order valence-corrected chi connectivity index (χ0v) is 10.6. The Morgan fingerprint density at radius 2 is 1.00 bits per heavy atom. The van der Waals surface area contributed by atoms with Crippen LogP contribution in [0.15, 0.2) is 0 Å². The van der Waals surface area contributed by atoms with E-state index in [1.807, 2.05) is 0 Å². The summed E-state index contributed by atoms with van der Waals surface area (Å²) in [5.41, 5.74) is 1.00. The molecule has 0 aliphatic carbocycles. The fraction of sp³-hybridized carbons (Fsp3) is 0.143. The molecule has 0 saturated heterocycles. The van der Waals surface area contributed by atoms with Gasteiger partial charge in [0.15, 0.2) is 0 Å². The molecule has 0 spiro atoms. The Labute approximate surface area is 121 Å². The van der Waals surface area contributed by atoms with E-state index in [9.17, 15) is 9.59 Å². The number of aliphatic carboxylic acids is 2. The summed E-state index contributed by atoms with van der Waals surface area (Å²) in [4.78, 5) is 20.0. The van der Waals surface area contributed by atoms with Crippen molar-refractivity contribution in [3.05, 3.63) is 59.7 Å². The van der Waals surface area contributed by atoms with E-state index in [2.05, 4.69) is 48.5 Å². The molecule has 2 N–H and O–H groups in total. The molecular weight excluding hydrogens is 288 g/mol. The van der Waals surface area contributed by atoms with Gasteiger partial charge in [0.2, 0.25) is 0 Å². The molecule has 0 amide bonds. The van der Waals surface area contributed by atoms with Gasteiger partial charge in [-0.15, -0.1) is 12.8 Å². The third-order valence-electron chi connectivity index (χ3n) is 1.63. The number of carboxylic acid groups (broad SMARTS) is 2. The predicted molar refractivity (Wildman–Crippen MR) is 57.4 cm³/mol. The van der Waals surface area contributed by atoms with E-state index >= 15 is 0 Å². The van der Waals surface area contributed by atoms with Gasteiger partial charge in [-0.2, -0.15) is 0 Å². The Balaban J connectivity index is 0.000000324. The Morgan fingerprint density at radius 3 is 1.21 bits per heavy atom. The molecule has 0 bridgehead atoms. The van der Waals surface area contributed by atoms with Crippen LogP contribution in [0.3, 0.4) is 0 Å². The van der Waals surface area contributed by atoms with Gasteiger partial charge < -0.3 is 69.9 Å². The zero-order chi connectivity index (χ0) is 13.4. The van der Waals surface area contributed by atoms with Gasteiger partial charge in [-0.3, -0.25) is 9.59 Å². The van der Waals surface area contributed by atoms with E-state index in [-0.39, 0.29) is 29.9 Å². The summed E-state index contributed by atoms with van der Waals surface area (Å²) in [5.74, 6) is -1.76. The van der Waals surface area contributed by atoms with Gasteiger partial charge in [0, 0.05) is 0 Å². The van der Waals surface area contributed by atoms with Gasteiger partial charge in [0.1, 0.15) is 0 Å². The van der Waals surface area contributed by atoms with E-state index in [4.69, 9.17) is 10.2 Å². The van der Waals surface area contributed by atoms with Crippen molar-refractivity contribution in [2.75, 3.05) is 0 Å². The molecule has 0 fully saturated rings. The van der Waals surface area contributed by atoms with Crippen LogP contribution in [0.5, 0.6) is 0 Å². The van der Waals surface area contributed by atoms with E-state index in [1.54, 1.807) is 0 Å². The largest absolute Gasteiger partial charge is 2.00 e. The molecule has 0 saturated carbocycles. The molecule has 0 aromatic heterocycles. The van der Waals surface area contributed by atoms with Crippen LogP contribution in [-0.4, -0.2) is 22.2 Å². The van der Waals surface area contributed by atoms with Crippen LogP contribution < -0.4 is 0 Å². The number of hydrogen-bond acceptors (Lipinski definition) is 2. The second kappa shape index (κ2) is 9.14. The maximum atomic E-state index is 10.00. The van der Waals surface area contributed by atoms with Crippen molar-refractivity contribution >= 4 is 11.9 Å². The molecule has 4 nitrogen and oxygen atoms in total. The van der Waals surface area contributed by atoms with Crippen molar-refractivity contribution < 1.29 is 36.9 Å². The summed E-state index contributed by atoms with van der Waals surface area (Å²) in [5, 5.41) is 16.4. The van der Waals surface area contributed by atoms with Crippen LogP contribution in [0.4, 0.5) is 0 Å². The Morgan fingerprint density at radius 1 is 0.737 bits per heavy atom. The van der Waals surface area contributed by atoms with Crippen molar-refractivity contribution in [3.63, 3.8) is 0 Å². The monoisotopic (exact) mass is 294 g/mol. The summed E-state index contributed by atoms with van der Waals surface area (Å²) in [6.45, 7) is 0. The zero-order valence-electron chi connectivity index (χ0n) is 9.48. The molecule has 0 atom stereocenters. The minimum absolute atomic E-state index is 0. The molecule has 2 rings (SSSR count). The number of rotatable bonds is 4. The Kier molecular flexibility index (Phi) is 8.25. The van der Waals surface area contributed by atoms with E-state index in [0.717, 1.165) is 0 Å². The summed E-state index contributed by atoms with van der Waals surface area (Å²) in [6.07, 6.45) is -0.0833. The molecule has 102 valence electrons. The van der Waals surface area contributed by atoms with Crippen LogP contribution in [0.1, 0.15) is 11.1 Å². The topological polar surface area (TPSA) is 74.6 Å². The maximum Gasteiger partial charge on any atom is 2.00 e. The van der Waals surface area contributed by atoms with E-state index in [1.165, 1.54) is 0 Å². The van der Waals surface area contributed by atoms with Gasteiger partial charge in [-0.05, 0) is 0 Å². The van der Waals surface area contributed by atoms with Gasteiger partial charge in [0.25, 0.3) is 11.9 Å². The molecule has 19 heavy (non-hydrogen) atoms. The van der Waals surface area contributed by atoms with Gasteiger partial charge in [-0.25, -0.2) is 0 Å².